The van der Waals surface area contributed by atoms with Gasteiger partial charge in [0.1, 0.15) is 11.0 Å². The average molecular weight is 318 g/mol. The van der Waals surface area contributed by atoms with E-state index in [2.05, 4.69) is 14.7 Å². The van der Waals surface area contributed by atoms with Crippen molar-refractivity contribution in [3.8, 4) is 0 Å². The number of nitrogens with two attached hydrogens (primary N) is 1. The molecule has 1 heterocycles. The van der Waals surface area contributed by atoms with Crippen LogP contribution in [-0.4, -0.2) is 23.0 Å². The first-order valence-electron chi connectivity index (χ1n) is 6.72. The standard InChI is InChI=1S/C16H16ClN3O2/c1-22-14(21)10-8-12-15(17)19-13(20-16(12)18)9-7-11-5-3-2-4-6-11/h2-7,9H,8,10H2,1H3,(H2,18,19,20). The second-order valence-electron chi connectivity index (χ2n) is 4.56. The van der Waals surface area contributed by atoms with Gasteiger partial charge in [0.15, 0.2) is 5.82 Å². The monoisotopic (exact) mass is 317 g/mol. The van der Waals surface area contributed by atoms with Crippen LogP contribution in [0.3, 0.4) is 0 Å². The number of anilines is 1. The minimum atomic E-state index is -0.330. The number of hydrogen-bond donors (Lipinski definition) is 1. The second kappa shape index (κ2) is 7.56. The Hall–Kier alpha value is -2.40. The van der Waals surface area contributed by atoms with Crippen molar-refractivity contribution in [2.24, 2.45) is 0 Å². The predicted octanol–water partition coefficient (Wildman–Crippen LogP) is 2.99. The average Bonchev–Trinajstić information content (AvgIpc) is 2.52. The largest absolute Gasteiger partial charge is 0.469 e. The third kappa shape index (κ3) is 4.30. The molecule has 6 heteroatoms. The molecular weight excluding hydrogens is 302 g/mol. The summed E-state index contributed by atoms with van der Waals surface area (Å²) in [6.45, 7) is 0. The number of carbonyl (C=O) groups excluding carboxylic acids is 1. The van der Waals surface area contributed by atoms with Crippen molar-refractivity contribution in [2.75, 3.05) is 12.8 Å². The van der Waals surface area contributed by atoms with Gasteiger partial charge in [-0.3, -0.25) is 4.79 Å². The van der Waals surface area contributed by atoms with E-state index in [1.165, 1.54) is 7.11 Å². The van der Waals surface area contributed by atoms with Crippen molar-refractivity contribution in [3.63, 3.8) is 0 Å². The molecule has 1 aromatic carbocycles. The molecule has 0 amide bonds. The van der Waals surface area contributed by atoms with Crippen LogP contribution < -0.4 is 5.73 Å². The van der Waals surface area contributed by atoms with Gasteiger partial charge >= 0.3 is 5.97 Å². The van der Waals surface area contributed by atoms with Gasteiger partial charge in [0.2, 0.25) is 0 Å². The number of methoxy groups -OCH3 is 1. The number of esters is 1. The summed E-state index contributed by atoms with van der Waals surface area (Å²) >= 11 is 6.13. The van der Waals surface area contributed by atoms with Crippen LogP contribution in [0.2, 0.25) is 5.15 Å². The molecule has 0 unspecified atom stereocenters. The third-order valence-corrected chi connectivity index (χ3v) is 3.35. The number of halogens is 1. The molecule has 0 spiro atoms. The van der Waals surface area contributed by atoms with Gasteiger partial charge in [0, 0.05) is 12.0 Å². The predicted molar refractivity (Wildman–Crippen MR) is 87.2 cm³/mol. The molecule has 0 aliphatic carbocycles. The van der Waals surface area contributed by atoms with Crippen LogP contribution >= 0.6 is 11.6 Å². The molecule has 0 bridgehead atoms. The Morgan fingerprint density at radius 2 is 2.00 bits per heavy atom. The summed E-state index contributed by atoms with van der Waals surface area (Å²) in [4.78, 5) is 19.6. The molecule has 0 radical (unpaired) electrons. The van der Waals surface area contributed by atoms with Crippen LogP contribution in [0.4, 0.5) is 5.82 Å². The molecule has 0 atom stereocenters. The lowest BCUT2D eigenvalue weighted by Crippen LogP contribution is -2.07. The minimum absolute atomic E-state index is 0.184. The smallest absolute Gasteiger partial charge is 0.305 e. The highest BCUT2D eigenvalue weighted by molar-refractivity contribution is 6.30. The fourth-order valence-electron chi connectivity index (χ4n) is 1.86. The fourth-order valence-corrected chi connectivity index (χ4v) is 2.14. The Morgan fingerprint density at radius 3 is 2.64 bits per heavy atom. The minimum Gasteiger partial charge on any atom is -0.469 e. The first kappa shape index (κ1) is 16.0. The van der Waals surface area contributed by atoms with Crippen LogP contribution in [0.5, 0.6) is 0 Å². The molecule has 0 saturated carbocycles. The number of ether oxygens (including phenoxy) is 1. The van der Waals surface area contributed by atoms with Gasteiger partial charge in [-0.15, -0.1) is 0 Å². The molecule has 22 heavy (non-hydrogen) atoms. The van der Waals surface area contributed by atoms with Gasteiger partial charge < -0.3 is 10.5 Å². The van der Waals surface area contributed by atoms with Crippen LogP contribution in [0.15, 0.2) is 30.3 Å². The number of hydrogen-bond acceptors (Lipinski definition) is 5. The first-order valence-corrected chi connectivity index (χ1v) is 7.10. The molecule has 2 aromatic rings. The quantitative estimate of drug-likeness (QED) is 0.677. The Balaban J connectivity index is 2.15. The maximum absolute atomic E-state index is 11.2. The van der Waals surface area contributed by atoms with E-state index in [1.54, 1.807) is 6.08 Å². The molecule has 1 aromatic heterocycles. The lowest BCUT2D eigenvalue weighted by molar-refractivity contribution is -0.140. The summed E-state index contributed by atoms with van der Waals surface area (Å²) in [5.41, 5.74) is 7.48. The van der Waals surface area contributed by atoms with Crippen LogP contribution in [0, 0.1) is 0 Å². The number of rotatable bonds is 5. The van der Waals surface area contributed by atoms with E-state index in [1.807, 2.05) is 36.4 Å². The molecule has 2 N–H and O–H groups in total. The highest BCUT2D eigenvalue weighted by Crippen LogP contribution is 2.21. The molecule has 0 aliphatic rings. The van der Waals surface area contributed by atoms with E-state index in [0.29, 0.717) is 17.8 Å². The Kier molecular flexibility index (Phi) is 5.49. The SMILES string of the molecule is COC(=O)CCc1c(N)nc(C=Cc2ccccc2)nc1Cl. The lowest BCUT2D eigenvalue weighted by Gasteiger charge is -2.07. The Bertz CT molecular complexity index is 664. The highest BCUT2D eigenvalue weighted by atomic mass is 35.5. The van der Waals surface area contributed by atoms with Gasteiger partial charge in [-0.25, -0.2) is 9.97 Å². The third-order valence-electron chi connectivity index (χ3n) is 3.04. The molecule has 114 valence electrons. The number of benzene rings is 1. The van der Waals surface area contributed by atoms with Gasteiger partial charge in [0.25, 0.3) is 0 Å². The summed E-state index contributed by atoms with van der Waals surface area (Å²) in [6.07, 6.45) is 4.14. The van der Waals surface area contributed by atoms with Crippen molar-refractivity contribution in [1.29, 1.82) is 0 Å². The van der Waals surface area contributed by atoms with Gasteiger partial charge in [-0.1, -0.05) is 48.0 Å². The molecular formula is C16H16ClN3O2. The van der Waals surface area contributed by atoms with Gasteiger partial charge in [-0.2, -0.15) is 0 Å². The summed E-state index contributed by atoms with van der Waals surface area (Å²) in [7, 11) is 1.33. The molecule has 2 rings (SSSR count). The zero-order valence-electron chi connectivity index (χ0n) is 12.1. The Morgan fingerprint density at radius 1 is 1.27 bits per heavy atom. The molecule has 0 fully saturated rings. The topological polar surface area (TPSA) is 78.1 Å². The zero-order chi connectivity index (χ0) is 15.9. The van der Waals surface area contributed by atoms with E-state index < -0.39 is 0 Å². The number of nitrogen functional groups attached to an aromatic ring is 1. The summed E-state index contributed by atoms with van der Waals surface area (Å²) in [6, 6.07) is 9.76. The van der Waals surface area contributed by atoms with Crippen LogP contribution in [0.25, 0.3) is 12.2 Å². The normalized spacial score (nSPS) is 10.8. The maximum Gasteiger partial charge on any atom is 0.305 e. The van der Waals surface area contributed by atoms with E-state index >= 15 is 0 Å². The van der Waals surface area contributed by atoms with Crippen molar-refractivity contribution in [3.05, 3.63) is 52.4 Å². The van der Waals surface area contributed by atoms with E-state index in [-0.39, 0.29) is 23.4 Å². The zero-order valence-corrected chi connectivity index (χ0v) is 12.9. The number of carbonyl (C=O) groups is 1. The van der Waals surface area contributed by atoms with E-state index in [4.69, 9.17) is 17.3 Å². The maximum atomic E-state index is 11.2. The molecule has 0 saturated heterocycles. The molecule has 0 aliphatic heterocycles. The van der Waals surface area contributed by atoms with Crippen molar-refractivity contribution >= 4 is 35.5 Å². The van der Waals surface area contributed by atoms with Crippen molar-refractivity contribution in [1.82, 2.24) is 9.97 Å². The summed E-state index contributed by atoms with van der Waals surface area (Å²) < 4.78 is 4.59. The fraction of sp³-hybridized carbons (Fsp3) is 0.188. The lowest BCUT2D eigenvalue weighted by atomic mass is 10.1. The van der Waals surface area contributed by atoms with Gasteiger partial charge in [0.05, 0.1) is 7.11 Å². The number of aromatic nitrogens is 2. The number of nitrogens with zero attached hydrogens (tertiary/aromatic N) is 2. The Labute approximate surface area is 133 Å². The highest BCUT2D eigenvalue weighted by Gasteiger charge is 2.12. The van der Waals surface area contributed by atoms with Gasteiger partial charge in [-0.05, 0) is 18.1 Å². The van der Waals surface area contributed by atoms with Crippen molar-refractivity contribution in [2.45, 2.75) is 12.8 Å². The first-order chi connectivity index (χ1) is 10.6. The van der Waals surface area contributed by atoms with Crippen LogP contribution in [-0.2, 0) is 16.0 Å². The summed E-state index contributed by atoms with van der Waals surface area (Å²) in [5.74, 6) is 0.369. The summed E-state index contributed by atoms with van der Waals surface area (Å²) in [5, 5.41) is 0.254. The van der Waals surface area contributed by atoms with Crippen LogP contribution in [0.1, 0.15) is 23.4 Å². The second-order valence-corrected chi connectivity index (χ2v) is 4.91. The van der Waals surface area contributed by atoms with E-state index in [9.17, 15) is 4.79 Å². The van der Waals surface area contributed by atoms with Crippen molar-refractivity contribution < 1.29 is 9.53 Å². The molecule has 5 nitrogen and oxygen atoms in total. The van der Waals surface area contributed by atoms with E-state index in [0.717, 1.165) is 5.56 Å².